The van der Waals surface area contributed by atoms with Crippen LogP contribution in [0.15, 0.2) is 152 Å². The first-order chi connectivity index (χ1) is 22.8. The molecule has 0 radical (unpaired) electrons. The first kappa shape index (κ1) is 25.1. The summed E-state index contributed by atoms with van der Waals surface area (Å²) in [6.45, 7) is 0. The summed E-state index contributed by atoms with van der Waals surface area (Å²) in [6.07, 6.45) is 5.78. The molecule has 0 spiro atoms. The minimum atomic E-state index is -0.118. The third kappa shape index (κ3) is 3.55. The van der Waals surface area contributed by atoms with Gasteiger partial charge >= 0.3 is 7.12 Å². The molecule has 0 aliphatic carbocycles. The Hall–Kier alpha value is -6.28. The molecule has 0 bridgehead atoms. The van der Waals surface area contributed by atoms with Crippen LogP contribution in [0.5, 0.6) is 11.5 Å². The van der Waals surface area contributed by atoms with Gasteiger partial charge in [-0.3, -0.25) is 4.57 Å². The van der Waals surface area contributed by atoms with E-state index >= 15 is 0 Å². The van der Waals surface area contributed by atoms with Crippen LogP contribution in [0.1, 0.15) is 0 Å². The molecule has 0 fully saturated rings. The van der Waals surface area contributed by atoms with Gasteiger partial charge in [-0.2, -0.15) is 0 Å². The molecular formula is C38H25BN6O. The molecule has 5 heterocycles. The summed E-state index contributed by atoms with van der Waals surface area (Å²) in [5.74, 6) is 3.28. The van der Waals surface area contributed by atoms with E-state index < -0.39 is 0 Å². The number of para-hydroxylation sites is 4. The number of hydrogen-bond acceptors (Lipinski definition) is 5. The quantitative estimate of drug-likeness (QED) is 0.191. The number of hydrogen-bond donors (Lipinski definition) is 0. The second-order valence-electron chi connectivity index (χ2n) is 11.6. The smallest absolute Gasteiger partial charge is 0.457 e. The van der Waals surface area contributed by atoms with Crippen LogP contribution in [0.2, 0.25) is 0 Å². The van der Waals surface area contributed by atoms with E-state index in [4.69, 9.17) is 9.72 Å². The van der Waals surface area contributed by atoms with Gasteiger partial charge in [0.1, 0.15) is 23.1 Å². The van der Waals surface area contributed by atoms with Crippen molar-refractivity contribution < 1.29 is 4.74 Å². The lowest BCUT2D eigenvalue weighted by molar-refractivity contribution is 0.483. The second-order valence-corrected chi connectivity index (χ2v) is 11.6. The number of ether oxygens (including phenoxy) is 1. The standard InChI is InChI=1S/C38H25BN6O/c1-2-10-26(11-3-1)44-34-14-6-7-15-35(34)45-33-20-18-27(24-31(33)38-41-22-23-42(38)39(44)45)46-28-17-19-30-29-12-4-5-13-32(29)43(36(30)25-28)37-16-8-9-21-40-37/h1-25H. The van der Waals surface area contributed by atoms with Crippen LogP contribution in [0, 0.1) is 0 Å². The minimum absolute atomic E-state index is 0.118. The molecule has 0 amide bonds. The molecule has 8 heteroatoms. The first-order valence-electron chi connectivity index (χ1n) is 15.4. The SMILES string of the molecule is c1ccc(N2B3N(c4ccc(Oc5ccc6c7ccccc7n(-c7ccccn7)c6c5)cc4-c4nccn43)c3ccccc32)cc1. The van der Waals surface area contributed by atoms with Crippen molar-refractivity contribution in [1.82, 2.24) is 19.0 Å². The summed E-state index contributed by atoms with van der Waals surface area (Å²) < 4.78 is 11.0. The van der Waals surface area contributed by atoms with Crippen molar-refractivity contribution in [3.8, 4) is 28.7 Å². The predicted molar refractivity (Wildman–Crippen MR) is 185 cm³/mol. The highest BCUT2D eigenvalue weighted by Gasteiger charge is 2.49. The van der Waals surface area contributed by atoms with E-state index in [9.17, 15) is 0 Å². The van der Waals surface area contributed by atoms with Gasteiger partial charge in [-0.25, -0.2) is 9.97 Å². The van der Waals surface area contributed by atoms with Crippen molar-refractivity contribution >= 4 is 51.7 Å². The van der Waals surface area contributed by atoms with E-state index in [1.54, 1.807) is 0 Å². The number of imidazole rings is 1. The van der Waals surface area contributed by atoms with E-state index in [0.29, 0.717) is 0 Å². The lowest BCUT2D eigenvalue weighted by Crippen LogP contribution is -2.51. The molecule has 216 valence electrons. The van der Waals surface area contributed by atoms with Gasteiger partial charge in [0.15, 0.2) is 0 Å². The zero-order chi connectivity index (χ0) is 30.2. The number of anilines is 4. The van der Waals surface area contributed by atoms with Crippen LogP contribution >= 0.6 is 0 Å². The number of rotatable bonds is 4. The summed E-state index contributed by atoms with van der Waals surface area (Å²) in [7, 11) is -0.118. The third-order valence-corrected chi connectivity index (χ3v) is 9.04. The lowest BCUT2D eigenvalue weighted by atomic mass is 9.82. The molecule has 0 atom stereocenters. The van der Waals surface area contributed by atoms with Crippen molar-refractivity contribution in [2.45, 2.75) is 0 Å². The number of nitrogens with zero attached hydrogens (tertiary/aromatic N) is 6. The highest BCUT2D eigenvalue weighted by molar-refractivity contribution is 6.73. The minimum Gasteiger partial charge on any atom is -0.457 e. The molecule has 0 N–H and O–H groups in total. The average Bonchev–Trinajstić information content (AvgIpc) is 3.82. The largest absolute Gasteiger partial charge is 0.519 e. The average molecular weight is 592 g/mol. The Labute approximate surface area is 265 Å². The summed E-state index contributed by atoms with van der Waals surface area (Å²) in [4.78, 5) is 14.3. The number of aromatic nitrogens is 4. The van der Waals surface area contributed by atoms with Gasteiger partial charge in [0, 0.05) is 52.4 Å². The maximum Gasteiger partial charge on any atom is 0.519 e. The summed E-state index contributed by atoms with van der Waals surface area (Å²) in [6, 6.07) is 46.2. The second kappa shape index (κ2) is 9.61. The molecule has 2 aliphatic heterocycles. The third-order valence-electron chi connectivity index (χ3n) is 9.04. The van der Waals surface area contributed by atoms with E-state index in [1.807, 2.05) is 36.7 Å². The molecule has 7 nitrogen and oxygen atoms in total. The number of fused-ring (bicyclic) bond motifs is 11. The van der Waals surface area contributed by atoms with Crippen molar-refractivity contribution in [2.75, 3.05) is 9.62 Å². The van der Waals surface area contributed by atoms with Gasteiger partial charge in [0.2, 0.25) is 0 Å². The maximum absolute atomic E-state index is 6.60. The molecular weight excluding hydrogens is 567 g/mol. The zero-order valence-electron chi connectivity index (χ0n) is 24.6. The Morgan fingerprint density at radius 3 is 2.15 bits per heavy atom. The Morgan fingerprint density at radius 2 is 1.28 bits per heavy atom. The van der Waals surface area contributed by atoms with Crippen LogP contribution in [-0.2, 0) is 0 Å². The van der Waals surface area contributed by atoms with Crippen molar-refractivity contribution in [3.63, 3.8) is 0 Å². The van der Waals surface area contributed by atoms with Crippen molar-refractivity contribution in [1.29, 1.82) is 0 Å². The molecule has 3 aromatic heterocycles. The fraction of sp³-hybridized carbons (Fsp3) is 0. The van der Waals surface area contributed by atoms with Crippen LogP contribution in [-0.4, -0.2) is 26.1 Å². The number of pyridine rings is 1. The highest BCUT2D eigenvalue weighted by Crippen LogP contribution is 2.52. The summed E-state index contributed by atoms with van der Waals surface area (Å²) >= 11 is 0. The van der Waals surface area contributed by atoms with Crippen LogP contribution < -0.4 is 14.4 Å². The topological polar surface area (TPSA) is 51.4 Å². The highest BCUT2D eigenvalue weighted by atomic mass is 16.5. The fourth-order valence-electron chi connectivity index (χ4n) is 7.16. The predicted octanol–water partition coefficient (Wildman–Crippen LogP) is 8.97. The van der Waals surface area contributed by atoms with Gasteiger partial charge < -0.3 is 18.8 Å². The zero-order valence-corrected chi connectivity index (χ0v) is 24.6. The maximum atomic E-state index is 6.60. The normalized spacial score (nSPS) is 13.1. The van der Waals surface area contributed by atoms with E-state index in [0.717, 1.165) is 67.9 Å². The number of benzene rings is 5. The Balaban J connectivity index is 1.09. The van der Waals surface area contributed by atoms with E-state index in [1.165, 1.54) is 5.39 Å². The summed E-state index contributed by atoms with van der Waals surface area (Å²) in [5.41, 5.74) is 7.70. The fourth-order valence-corrected chi connectivity index (χ4v) is 7.16. The Morgan fingerprint density at radius 1 is 0.543 bits per heavy atom. The molecule has 2 aliphatic rings. The first-order valence-corrected chi connectivity index (χ1v) is 15.4. The molecule has 5 aromatic carbocycles. The van der Waals surface area contributed by atoms with Gasteiger partial charge in [-0.1, -0.05) is 54.6 Å². The van der Waals surface area contributed by atoms with Crippen LogP contribution in [0.4, 0.5) is 22.7 Å². The van der Waals surface area contributed by atoms with Crippen LogP contribution in [0.3, 0.4) is 0 Å². The molecule has 8 aromatic rings. The van der Waals surface area contributed by atoms with Gasteiger partial charge in [-0.05, 0) is 72.8 Å². The summed E-state index contributed by atoms with van der Waals surface area (Å²) in [5, 5.41) is 2.34. The van der Waals surface area contributed by atoms with Gasteiger partial charge in [-0.15, -0.1) is 0 Å². The molecule has 0 unspecified atom stereocenters. The van der Waals surface area contributed by atoms with Crippen molar-refractivity contribution in [3.05, 3.63) is 152 Å². The van der Waals surface area contributed by atoms with Crippen LogP contribution in [0.25, 0.3) is 39.0 Å². The Kier molecular flexibility index (Phi) is 5.24. The molecule has 10 rings (SSSR count). The Bertz CT molecular complexity index is 2440. The lowest BCUT2D eigenvalue weighted by Gasteiger charge is -2.35. The van der Waals surface area contributed by atoms with E-state index in [2.05, 4.69) is 139 Å². The molecule has 0 saturated carbocycles. The van der Waals surface area contributed by atoms with Gasteiger partial charge in [0.25, 0.3) is 0 Å². The monoisotopic (exact) mass is 592 g/mol. The van der Waals surface area contributed by atoms with E-state index in [-0.39, 0.29) is 7.12 Å². The molecule has 0 saturated heterocycles. The van der Waals surface area contributed by atoms with Crippen molar-refractivity contribution in [2.24, 2.45) is 0 Å². The van der Waals surface area contributed by atoms with Gasteiger partial charge in [0.05, 0.1) is 22.4 Å². The molecule has 46 heavy (non-hydrogen) atoms.